The fraction of sp³-hybridized carbons (Fsp3) is 0.294. The fourth-order valence-electron chi connectivity index (χ4n) is 2.75. The highest BCUT2D eigenvalue weighted by Gasteiger charge is 2.15. The molecule has 1 aliphatic heterocycles. The van der Waals surface area contributed by atoms with Crippen molar-refractivity contribution in [2.45, 2.75) is 19.9 Å². The molecule has 0 atom stereocenters. The van der Waals surface area contributed by atoms with Crippen molar-refractivity contribution in [3.05, 3.63) is 58.9 Å². The van der Waals surface area contributed by atoms with Crippen molar-refractivity contribution in [3.8, 4) is 0 Å². The van der Waals surface area contributed by atoms with Gasteiger partial charge in [0.1, 0.15) is 5.82 Å². The van der Waals surface area contributed by atoms with Crippen molar-refractivity contribution < 1.29 is 4.39 Å². The van der Waals surface area contributed by atoms with E-state index in [1.165, 1.54) is 22.9 Å². The van der Waals surface area contributed by atoms with Gasteiger partial charge in [-0.3, -0.25) is 0 Å². The molecule has 0 fully saturated rings. The van der Waals surface area contributed by atoms with Crippen LogP contribution in [0.25, 0.3) is 0 Å². The molecule has 2 nitrogen and oxygen atoms in total. The highest BCUT2D eigenvalue weighted by atomic mass is 19.1. The molecular weight excluding hydrogens is 251 g/mol. The number of hydrogen-bond acceptors (Lipinski definition) is 2. The third-order valence-electron chi connectivity index (χ3n) is 3.94. The zero-order valence-electron chi connectivity index (χ0n) is 11.9. The molecule has 0 saturated carbocycles. The van der Waals surface area contributed by atoms with Crippen LogP contribution in [0.4, 0.5) is 15.8 Å². The lowest BCUT2D eigenvalue weighted by atomic mass is 10.1. The number of rotatable bonds is 3. The average Bonchev–Trinajstić information content (AvgIpc) is 2.79. The number of likely N-dealkylation sites (N-methyl/N-ethyl adjacent to an activating group) is 1. The van der Waals surface area contributed by atoms with Crippen molar-refractivity contribution in [2.75, 3.05) is 23.8 Å². The Kier molecular flexibility index (Phi) is 3.35. The van der Waals surface area contributed by atoms with E-state index in [-0.39, 0.29) is 5.82 Å². The van der Waals surface area contributed by atoms with Crippen LogP contribution in [0.1, 0.15) is 16.7 Å². The van der Waals surface area contributed by atoms with E-state index in [1.54, 1.807) is 12.1 Å². The number of aryl methyl sites for hydroxylation is 1. The molecule has 1 heterocycles. The summed E-state index contributed by atoms with van der Waals surface area (Å²) in [5, 5.41) is 3.38. The van der Waals surface area contributed by atoms with E-state index in [4.69, 9.17) is 0 Å². The van der Waals surface area contributed by atoms with Gasteiger partial charge >= 0.3 is 0 Å². The Morgan fingerprint density at radius 2 is 2.05 bits per heavy atom. The number of hydrogen-bond donors (Lipinski definition) is 1. The van der Waals surface area contributed by atoms with Gasteiger partial charge in [-0.05, 0) is 54.3 Å². The first-order valence-corrected chi connectivity index (χ1v) is 6.96. The zero-order valence-corrected chi connectivity index (χ0v) is 11.9. The minimum absolute atomic E-state index is 0.186. The maximum absolute atomic E-state index is 13.1. The average molecular weight is 270 g/mol. The molecule has 104 valence electrons. The number of halogens is 1. The predicted molar refractivity (Wildman–Crippen MR) is 81.9 cm³/mol. The van der Waals surface area contributed by atoms with Gasteiger partial charge in [0.2, 0.25) is 0 Å². The van der Waals surface area contributed by atoms with Gasteiger partial charge in [0.15, 0.2) is 0 Å². The van der Waals surface area contributed by atoms with Gasteiger partial charge in [-0.15, -0.1) is 0 Å². The standard InChI is InChI=1S/C17H19FN2/c1-12-9-15(18)4-5-16(12)19-11-13-3-6-17-14(10-13)7-8-20(17)2/h3-6,9-10,19H,7-8,11H2,1-2H3. The lowest BCUT2D eigenvalue weighted by Crippen LogP contribution is -2.12. The molecule has 2 aromatic rings. The molecule has 1 aliphatic rings. The normalized spacial score (nSPS) is 13.4. The molecule has 0 aliphatic carbocycles. The predicted octanol–water partition coefficient (Wildman–Crippen LogP) is 3.74. The van der Waals surface area contributed by atoms with Crippen LogP contribution in [-0.2, 0) is 13.0 Å². The zero-order chi connectivity index (χ0) is 14.1. The topological polar surface area (TPSA) is 15.3 Å². The van der Waals surface area contributed by atoms with E-state index in [9.17, 15) is 4.39 Å². The van der Waals surface area contributed by atoms with E-state index < -0.39 is 0 Å². The number of benzene rings is 2. The van der Waals surface area contributed by atoms with E-state index in [0.717, 1.165) is 30.8 Å². The van der Waals surface area contributed by atoms with Gasteiger partial charge in [0.25, 0.3) is 0 Å². The highest BCUT2D eigenvalue weighted by Crippen LogP contribution is 2.27. The van der Waals surface area contributed by atoms with Crippen LogP contribution < -0.4 is 10.2 Å². The molecule has 3 heteroatoms. The lowest BCUT2D eigenvalue weighted by Gasteiger charge is -2.13. The fourth-order valence-corrected chi connectivity index (χ4v) is 2.75. The molecule has 0 spiro atoms. The maximum atomic E-state index is 13.1. The second kappa shape index (κ2) is 5.16. The summed E-state index contributed by atoms with van der Waals surface area (Å²) in [5.74, 6) is -0.186. The molecule has 0 amide bonds. The molecule has 3 rings (SSSR count). The van der Waals surface area contributed by atoms with Crippen LogP contribution in [-0.4, -0.2) is 13.6 Å². The van der Waals surface area contributed by atoms with Gasteiger partial charge in [0.05, 0.1) is 0 Å². The summed E-state index contributed by atoms with van der Waals surface area (Å²) in [6.45, 7) is 3.79. The van der Waals surface area contributed by atoms with E-state index in [0.29, 0.717) is 0 Å². The highest BCUT2D eigenvalue weighted by molar-refractivity contribution is 5.59. The largest absolute Gasteiger partial charge is 0.381 e. The van der Waals surface area contributed by atoms with Gasteiger partial charge in [-0.2, -0.15) is 0 Å². The SMILES string of the molecule is Cc1cc(F)ccc1NCc1ccc2c(c1)CCN2C. The van der Waals surface area contributed by atoms with Gasteiger partial charge < -0.3 is 10.2 Å². The van der Waals surface area contributed by atoms with Crippen molar-refractivity contribution in [2.24, 2.45) is 0 Å². The van der Waals surface area contributed by atoms with Crippen LogP contribution >= 0.6 is 0 Å². The quantitative estimate of drug-likeness (QED) is 0.914. The second-order valence-corrected chi connectivity index (χ2v) is 5.45. The van der Waals surface area contributed by atoms with Crippen molar-refractivity contribution in [1.82, 2.24) is 0 Å². The molecule has 0 radical (unpaired) electrons. The molecule has 0 aromatic heterocycles. The summed E-state index contributed by atoms with van der Waals surface area (Å²) < 4.78 is 13.1. The Morgan fingerprint density at radius 3 is 2.85 bits per heavy atom. The second-order valence-electron chi connectivity index (χ2n) is 5.45. The van der Waals surface area contributed by atoms with Crippen LogP contribution in [0.3, 0.4) is 0 Å². The molecule has 2 aromatic carbocycles. The maximum Gasteiger partial charge on any atom is 0.123 e. The van der Waals surface area contributed by atoms with Gasteiger partial charge in [0, 0.05) is 31.5 Å². The Hall–Kier alpha value is -2.03. The summed E-state index contributed by atoms with van der Waals surface area (Å²) in [7, 11) is 2.13. The van der Waals surface area contributed by atoms with Crippen molar-refractivity contribution in [1.29, 1.82) is 0 Å². The minimum Gasteiger partial charge on any atom is -0.381 e. The Balaban J connectivity index is 1.73. The van der Waals surface area contributed by atoms with Crippen LogP contribution in [0, 0.1) is 12.7 Å². The Labute approximate surface area is 119 Å². The third kappa shape index (κ3) is 2.48. The summed E-state index contributed by atoms with van der Waals surface area (Å²) in [6.07, 6.45) is 1.12. The molecule has 20 heavy (non-hydrogen) atoms. The number of fused-ring (bicyclic) bond motifs is 1. The van der Waals surface area contributed by atoms with Crippen molar-refractivity contribution in [3.63, 3.8) is 0 Å². The first-order valence-electron chi connectivity index (χ1n) is 6.96. The van der Waals surface area contributed by atoms with E-state index >= 15 is 0 Å². The molecule has 0 bridgehead atoms. The lowest BCUT2D eigenvalue weighted by molar-refractivity contribution is 0.627. The molecule has 0 unspecified atom stereocenters. The molecule has 0 saturated heterocycles. The van der Waals surface area contributed by atoms with Crippen LogP contribution in [0.15, 0.2) is 36.4 Å². The number of nitrogens with one attached hydrogen (secondary N) is 1. The summed E-state index contributed by atoms with van der Waals surface area (Å²) in [6, 6.07) is 11.5. The smallest absolute Gasteiger partial charge is 0.123 e. The van der Waals surface area contributed by atoms with Crippen molar-refractivity contribution >= 4 is 11.4 Å². The molecule has 1 N–H and O–H groups in total. The minimum atomic E-state index is -0.186. The number of nitrogens with zero attached hydrogens (tertiary/aromatic N) is 1. The summed E-state index contributed by atoms with van der Waals surface area (Å²) in [4.78, 5) is 2.29. The van der Waals surface area contributed by atoms with Gasteiger partial charge in [-0.25, -0.2) is 4.39 Å². The first kappa shape index (κ1) is 13.0. The summed E-state index contributed by atoms with van der Waals surface area (Å²) >= 11 is 0. The third-order valence-corrected chi connectivity index (χ3v) is 3.94. The van der Waals surface area contributed by atoms with Crippen LogP contribution in [0.5, 0.6) is 0 Å². The Morgan fingerprint density at radius 1 is 1.20 bits per heavy atom. The van der Waals surface area contributed by atoms with E-state index in [1.807, 2.05) is 6.92 Å². The summed E-state index contributed by atoms with van der Waals surface area (Å²) in [5.41, 5.74) is 5.95. The van der Waals surface area contributed by atoms with Gasteiger partial charge in [-0.1, -0.05) is 12.1 Å². The van der Waals surface area contributed by atoms with Crippen LogP contribution in [0.2, 0.25) is 0 Å². The first-order chi connectivity index (χ1) is 9.63. The van der Waals surface area contributed by atoms with E-state index in [2.05, 4.69) is 35.5 Å². The number of anilines is 2. The monoisotopic (exact) mass is 270 g/mol. The molecular formula is C17H19FN2. The Bertz CT molecular complexity index is 637.